The van der Waals surface area contributed by atoms with Crippen LogP contribution in [0.3, 0.4) is 0 Å². The smallest absolute Gasteiger partial charge is 0.325 e. The predicted octanol–water partition coefficient (Wildman–Crippen LogP) is 2.12. The highest BCUT2D eigenvalue weighted by molar-refractivity contribution is 9.10. The van der Waals surface area contributed by atoms with Gasteiger partial charge in [0.05, 0.1) is 17.4 Å². The largest absolute Gasteiger partial charge is 0.480 e. The first-order chi connectivity index (χ1) is 9.45. The zero-order valence-electron chi connectivity index (χ0n) is 10.0. The van der Waals surface area contributed by atoms with E-state index in [0.29, 0.717) is 10.2 Å². The van der Waals surface area contributed by atoms with Gasteiger partial charge in [0.15, 0.2) is 0 Å². The number of amides is 1. The molecule has 1 aromatic carbocycles. The van der Waals surface area contributed by atoms with Crippen LogP contribution in [0, 0.1) is 5.82 Å². The summed E-state index contributed by atoms with van der Waals surface area (Å²) in [6.07, 6.45) is 2.72. The first kappa shape index (κ1) is 14.2. The molecule has 2 rings (SSSR count). The number of anilines is 1. The SMILES string of the molecule is O=C(O)Cn1cc(NC(=O)c2ccc(F)cc2Br)cn1. The molecule has 2 aromatic rings. The van der Waals surface area contributed by atoms with Crippen LogP contribution in [-0.2, 0) is 11.3 Å². The third kappa shape index (κ3) is 3.41. The maximum Gasteiger partial charge on any atom is 0.325 e. The molecule has 1 aromatic heterocycles. The summed E-state index contributed by atoms with van der Waals surface area (Å²) in [5.41, 5.74) is 0.616. The van der Waals surface area contributed by atoms with E-state index in [2.05, 4.69) is 26.3 Å². The number of carboxylic acids is 1. The Morgan fingerprint density at radius 1 is 1.45 bits per heavy atom. The van der Waals surface area contributed by atoms with Crippen LogP contribution in [0.1, 0.15) is 10.4 Å². The molecule has 0 unspecified atom stereocenters. The summed E-state index contributed by atoms with van der Waals surface area (Å²) in [7, 11) is 0. The predicted molar refractivity (Wildman–Crippen MR) is 71.9 cm³/mol. The molecular formula is C12H9BrFN3O3. The Morgan fingerprint density at radius 3 is 2.85 bits per heavy atom. The number of rotatable bonds is 4. The van der Waals surface area contributed by atoms with Crippen molar-refractivity contribution >= 4 is 33.5 Å². The average Bonchev–Trinajstić information content (AvgIpc) is 2.75. The van der Waals surface area contributed by atoms with E-state index in [1.165, 1.54) is 35.3 Å². The van der Waals surface area contributed by atoms with E-state index in [1.807, 2.05) is 0 Å². The maximum absolute atomic E-state index is 12.9. The minimum atomic E-state index is -1.03. The van der Waals surface area contributed by atoms with Gasteiger partial charge in [0.2, 0.25) is 0 Å². The van der Waals surface area contributed by atoms with Gasteiger partial charge in [-0.1, -0.05) is 0 Å². The number of halogens is 2. The zero-order valence-corrected chi connectivity index (χ0v) is 11.6. The lowest BCUT2D eigenvalue weighted by molar-refractivity contribution is -0.137. The van der Waals surface area contributed by atoms with Crippen molar-refractivity contribution in [3.8, 4) is 0 Å². The first-order valence-electron chi connectivity index (χ1n) is 5.46. The van der Waals surface area contributed by atoms with Crippen molar-refractivity contribution in [2.75, 3.05) is 5.32 Å². The lowest BCUT2D eigenvalue weighted by Crippen LogP contribution is -2.12. The molecule has 104 valence electrons. The molecule has 0 atom stereocenters. The average molecular weight is 342 g/mol. The van der Waals surface area contributed by atoms with Gasteiger partial charge in [-0.05, 0) is 34.1 Å². The highest BCUT2D eigenvalue weighted by Crippen LogP contribution is 2.19. The Balaban J connectivity index is 2.11. The fraction of sp³-hybridized carbons (Fsp3) is 0.0833. The zero-order chi connectivity index (χ0) is 14.7. The van der Waals surface area contributed by atoms with Crippen molar-refractivity contribution in [3.63, 3.8) is 0 Å². The van der Waals surface area contributed by atoms with Crippen LogP contribution in [0.25, 0.3) is 0 Å². The summed E-state index contributed by atoms with van der Waals surface area (Å²) >= 11 is 3.10. The highest BCUT2D eigenvalue weighted by Gasteiger charge is 2.12. The van der Waals surface area contributed by atoms with Crippen LogP contribution in [0.4, 0.5) is 10.1 Å². The standard InChI is InChI=1S/C12H9BrFN3O3/c13-10-3-7(14)1-2-9(10)12(20)16-8-4-15-17(5-8)6-11(18)19/h1-5H,6H2,(H,16,20)(H,18,19). The molecule has 2 N–H and O–H groups in total. The molecule has 1 amide bonds. The van der Waals surface area contributed by atoms with Gasteiger partial charge in [-0.25, -0.2) is 4.39 Å². The van der Waals surface area contributed by atoms with Crippen LogP contribution in [0.5, 0.6) is 0 Å². The summed E-state index contributed by atoms with van der Waals surface area (Å²) in [6.45, 7) is -0.296. The van der Waals surface area contributed by atoms with Gasteiger partial charge in [0.1, 0.15) is 12.4 Å². The van der Waals surface area contributed by atoms with Crippen LogP contribution in [0.2, 0.25) is 0 Å². The second-order valence-corrected chi connectivity index (χ2v) is 4.75. The Hall–Kier alpha value is -2.22. The molecular weight excluding hydrogens is 333 g/mol. The normalized spacial score (nSPS) is 10.3. The van der Waals surface area contributed by atoms with Gasteiger partial charge in [0, 0.05) is 10.7 Å². The third-order valence-corrected chi connectivity index (χ3v) is 3.02. The van der Waals surface area contributed by atoms with Crippen molar-refractivity contribution in [1.29, 1.82) is 0 Å². The number of aromatic nitrogens is 2. The van der Waals surface area contributed by atoms with E-state index in [0.717, 1.165) is 0 Å². The van der Waals surface area contributed by atoms with E-state index in [-0.39, 0.29) is 12.1 Å². The Bertz CT molecular complexity index is 672. The molecule has 6 nitrogen and oxygen atoms in total. The van der Waals surface area contributed by atoms with Crippen LogP contribution in [-0.4, -0.2) is 26.8 Å². The van der Waals surface area contributed by atoms with Gasteiger partial charge in [-0.2, -0.15) is 5.10 Å². The van der Waals surface area contributed by atoms with Crippen LogP contribution < -0.4 is 5.32 Å². The number of hydrogen-bond acceptors (Lipinski definition) is 3. The van der Waals surface area contributed by atoms with Crippen LogP contribution >= 0.6 is 15.9 Å². The van der Waals surface area contributed by atoms with Crippen molar-refractivity contribution in [3.05, 3.63) is 46.4 Å². The molecule has 0 spiro atoms. The van der Waals surface area contributed by atoms with Gasteiger partial charge in [-0.15, -0.1) is 0 Å². The van der Waals surface area contributed by atoms with E-state index < -0.39 is 17.7 Å². The monoisotopic (exact) mass is 341 g/mol. The van der Waals surface area contributed by atoms with Crippen molar-refractivity contribution < 1.29 is 19.1 Å². The number of aliphatic carboxylic acids is 1. The lowest BCUT2D eigenvalue weighted by atomic mass is 10.2. The molecule has 20 heavy (non-hydrogen) atoms. The fourth-order valence-corrected chi connectivity index (χ4v) is 2.06. The number of hydrogen-bond donors (Lipinski definition) is 2. The molecule has 0 aliphatic heterocycles. The molecule has 0 radical (unpaired) electrons. The van der Waals surface area contributed by atoms with Crippen LogP contribution in [0.15, 0.2) is 35.1 Å². The summed E-state index contributed by atoms with van der Waals surface area (Å²) in [4.78, 5) is 22.5. The van der Waals surface area contributed by atoms with Crippen molar-refractivity contribution in [2.24, 2.45) is 0 Å². The molecule has 0 aliphatic carbocycles. The summed E-state index contributed by atoms with van der Waals surface area (Å²) < 4.78 is 14.4. The Kier molecular flexibility index (Phi) is 4.14. The summed E-state index contributed by atoms with van der Waals surface area (Å²) in [5, 5.41) is 14.9. The molecule has 0 aliphatic rings. The highest BCUT2D eigenvalue weighted by atomic mass is 79.9. The molecule has 8 heteroatoms. The van der Waals surface area contributed by atoms with Gasteiger partial charge in [-0.3, -0.25) is 14.3 Å². The molecule has 0 saturated carbocycles. The first-order valence-corrected chi connectivity index (χ1v) is 6.25. The maximum atomic E-state index is 12.9. The van der Waals surface area contributed by atoms with Gasteiger partial charge < -0.3 is 10.4 Å². The Labute approximate surface area is 121 Å². The number of carbonyl (C=O) groups excluding carboxylic acids is 1. The quantitative estimate of drug-likeness (QED) is 0.892. The summed E-state index contributed by atoms with van der Waals surface area (Å²) in [6, 6.07) is 3.70. The number of carbonyl (C=O) groups is 2. The second-order valence-electron chi connectivity index (χ2n) is 3.90. The van der Waals surface area contributed by atoms with Crippen molar-refractivity contribution in [2.45, 2.75) is 6.54 Å². The molecule has 0 saturated heterocycles. The van der Waals surface area contributed by atoms with Crippen molar-refractivity contribution in [1.82, 2.24) is 9.78 Å². The number of nitrogens with zero attached hydrogens (tertiary/aromatic N) is 2. The topological polar surface area (TPSA) is 84.2 Å². The van der Waals surface area contributed by atoms with E-state index in [1.54, 1.807) is 0 Å². The minimum Gasteiger partial charge on any atom is -0.480 e. The Morgan fingerprint density at radius 2 is 2.20 bits per heavy atom. The number of nitrogens with one attached hydrogen (secondary N) is 1. The summed E-state index contributed by atoms with van der Waals surface area (Å²) in [5.74, 6) is -1.94. The van der Waals surface area contributed by atoms with Gasteiger partial charge in [0.25, 0.3) is 5.91 Å². The number of carboxylic acid groups (broad SMARTS) is 1. The third-order valence-electron chi connectivity index (χ3n) is 2.36. The fourth-order valence-electron chi connectivity index (χ4n) is 1.53. The lowest BCUT2D eigenvalue weighted by Gasteiger charge is -2.04. The molecule has 0 fully saturated rings. The van der Waals surface area contributed by atoms with Gasteiger partial charge >= 0.3 is 5.97 Å². The minimum absolute atomic E-state index is 0.261. The second kappa shape index (κ2) is 5.83. The van der Waals surface area contributed by atoms with E-state index >= 15 is 0 Å². The molecule has 1 heterocycles. The van der Waals surface area contributed by atoms with E-state index in [9.17, 15) is 14.0 Å². The number of benzene rings is 1. The molecule has 0 bridgehead atoms. The van der Waals surface area contributed by atoms with E-state index in [4.69, 9.17) is 5.11 Å².